The summed E-state index contributed by atoms with van der Waals surface area (Å²) in [5.74, 6) is -0.0653. The van der Waals surface area contributed by atoms with Crippen molar-refractivity contribution in [1.82, 2.24) is 9.88 Å². The first-order valence-electron chi connectivity index (χ1n) is 3.99. The van der Waals surface area contributed by atoms with Crippen molar-refractivity contribution in [3.05, 3.63) is 30.1 Å². The Morgan fingerprint density at radius 3 is 2.69 bits per heavy atom. The maximum Gasteiger partial charge on any atom is 0.273 e. The normalized spacial score (nSPS) is 15.4. The van der Waals surface area contributed by atoms with Crippen molar-refractivity contribution >= 4 is 11.7 Å². The van der Waals surface area contributed by atoms with Crippen molar-refractivity contribution in [3.8, 4) is 0 Å². The lowest BCUT2D eigenvalue weighted by atomic mass is 10.2. The minimum absolute atomic E-state index is 0.101. The molecule has 1 aliphatic rings. The molecule has 1 amide bonds. The summed E-state index contributed by atoms with van der Waals surface area (Å²) in [6, 6.07) is 5.14. The average molecular weight is 176 g/mol. The molecule has 1 fully saturated rings. The quantitative estimate of drug-likeness (QED) is 0.610. The highest BCUT2D eigenvalue weighted by Crippen LogP contribution is 2.07. The molecular formula is C9H8N2O2. The third-order valence-electron chi connectivity index (χ3n) is 1.91. The van der Waals surface area contributed by atoms with Crippen LogP contribution in [0.4, 0.5) is 0 Å². The molecule has 1 aromatic rings. The van der Waals surface area contributed by atoms with Crippen molar-refractivity contribution in [3.63, 3.8) is 0 Å². The molecule has 1 aromatic heterocycles. The maximum absolute atomic E-state index is 11.5. The predicted octanol–water partition coefficient (Wildman–Crippen LogP) is 0.107. The van der Waals surface area contributed by atoms with E-state index >= 15 is 0 Å². The SMILES string of the molecule is O=C1CN(C(=O)c2ccccn2)C1. The molecular weight excluding hydrogens is 168 g/mol. The Bertz CT molecular complexity index is 340. The number of carbonyl (C=O) groups is 2. The lowest BCUT2D eigenvalue weighted by Crippen LogP contribution is -2.50. The van der Waals surface area contributed by atoms with Gasteiger partial charge >= 0.3 is 0 Å². The van der Waals surface area contributed by atoms with Gasteiger partial charge in [-0.3, -0.25) is 14.6 Å². The number of ketones is 1. The second kappa shape index (κ2) is 2.97. The third-order valence-corrected chi connectivity index (χ3v) is 1.91. The van der Waals surface area contributed by atoms with Crippen molar-refractivity contribution in [2.45, 2.75) is 0 Å². The van der Waals surface area contributed by atoms with Crippen LogP contribution >= 0.6 is 0 Å². The first-order chi connectivity index (χ1) is 6.27. The Kier molecular flexibility index (Phi) is 1.81. The Morgan fingerprint density at radius 1 is 1.38 bits per heavy atom. The van der Waals surface area contributed by atoms with Crippen LogP contribution < -0.4 is 0 Å². The number of hydrogen-bond acceptors (Lipinski definition) is 3. The van der Waals surface area contributed by atoms with Gasteiger partial charge in [-0.1, -0.05) is 6.07 Å². The molecule has 1 aliphatic heterocycles. The molecule has 0 bridgehead atoms. The second-order valence-electron chi connectivity index (χ2n) is 2.91. The van der Waals surface area contributed by atoms with Crippen molar-refractivity contribution < 1.29 is 9.59 Å². The number of carbonyl (C=O) groups excluding carboxylic acids is 2. The molecule has 66 valence electrons. The van der Waals surface area contributed by atoms with E-state index in [2.05, 4.69) is 4.98 Å². The van der Waals surface area contributed by atoms with Gasteiger partial charge in [0.2, 0.25) is 0 Å². The highest BCUT2D eigenvalue weighted by Gasteiger charge is 2.29. The molecule has 2 rings (SSSR count). The van der Waals surface area contributed by atoms with E-state index in [1.54, 1.807) is 24.4 Å². The van der Waals surface area contributed by atoms with Crippen LogP contribution in [0.5, 0.6) is 0 Å². The van der Waals surface area contributed by atoms with E-state index in [9.17, 15) is 9.59 Å². The van der Waals surface area contributed by atoms with E-state index in [4.69, 9.17) is 0 Å². The fourth-order valence-electron chi connectivity index (χ4n) is 1.17. The summed E-state index contributed by atoms with van der Waals surface area (Å²) in [6.45, 7) is 0.463. The van der Waals surface area contributed by atoms with Gasteiger partial charge in [0.1, 0.15) is 5.69 Å². The van der Waals surface area contributed by atoms with Crippen LogP contribution in [0.2, 0.25) is 0 Å². The van der Waals surface area contributed by atoms with Crippen LogP contribution in [0.25, 0.3) is 0 Å². The highest BCUT2D eigenvalue weighted by atomic mass is 16.2. The summed E-state index contributed by atoms with van der Waals surface area (Å²) < 4.78 is 0. The van der Waals surface area contributed by atoms with Gasteiger partial charge in [-0.2, -0.15) is 0 Å². The monoisotopic (exact) mass is 176 g/mol. The zero-order chi connectivity index (χ0) is 9.26. The number of hydrogen-bond donors (Lipinski definition) is 0. The van der Waals surface area contributed by atoms with E-state index in [0.717, 1.165) is 0 Å². The largest absolute Gasteiger partial charge is 0.323 e. The first-order valence-corrected chi connectivity index (χ1v) is 3.99. The van der Waals surface area contributed by atoms with Gasteiger partial charge in [0.05, 0.1) is 13.1 Å². The van der Waals surface area contributed by atoms with Gasteiger partial charge in [-0.25, -0.2) is 0 Å². The summed E-state index contributed by atoms with van der Waals surface area (Å²) >= 11 is 0. The van der Waals surface area contributed by atoms with E-state index in [0.29, 0.717) is 5.69 Å². The number of amides is 1. The summed E-state index contributed by atoms with van der Waals surface area (Å²) in [5.41, 5.74) is 0.398. The standard InChI is InChI=1S/C9H8N2O2/c12-7-5-11(6-7)9(13)8-3-1-2-4-10-8/h1-4H,5-6H2. The number of likely N-dealkylation sites (tertiary alicyclic amines) is 1. The fourth-order valence-corrected chi connectivity index (χ4v) is 1.17. The molecule has 0 saturated carbocycles. The fraction of sp³-hybridized carbons (Fsp3) is 0.222. The number of aromatic nitrogens is 1. The van der Waals surface area contributed by atoms with Gasteiger partial charge < -0.3 is 4.90 Å². The lowest BCUT2D eigenvalue weighted by Gasteiger charge is -2.28. The van der Waals surface area contributed by atoms with Crippen molar-refractivity contribution in [1.29, 1.82) is 0 Å². The Balaban J connectivity index is 2.10. The molecule has 4 heteroatoms. The maximum atomic E-state index is 11.5. The van der Waals surface area contributed by atoms with E-state index in [-0.39, 0.29) is 24.8 Å². The topological polar surface area (TPSA) is 50.3 Å². The molecule has 0 aliphatic carbocycles. The Morgan fingerprint density at radius 2 is 2.15 bits per heavy atom. The van der Waals surface area contributed by atoms with Crippen LogP contribution in [0, 0.1) is 0 Å². The third kappa shape index (κ3) is 1.42. The van der Waals surface area contributed by atoms with Gasteiger partial charge in [-0.15, -0.1) is 0 Å². The molecule has 13 heavy (non-hydrogen) atoms. The number of Topliss-reactive ketones (excluding diaryl/α,β-unsaturated/α-hetero) is 1. The van der Waals surface area contributed by atoms with E-state index in [1.807, 2.05) is 0 Å². The minimum Gasteiger partial charge on any atom is -0.323 e. The Hall–Kier alpha value is -1.71. The van der Waals surface area contributed by atoms with E-state index < -0.39 is 0 Å². The Labute approximate surface area is 75.2 Å². The predicted molar refractivity (Wildman–Crippen MR) is 45.1 cm³/mol. The smallest absolute Gasteiger partial charge is 0.273 e. The zero-order valence-corrected chi connectivity index (χ0v) is 6.93. The van der Waals surface area contributed by atoms with Gasteiger partial charge in [0.25, 0.3) is 5.91 Å². The summed E-state index contributed by atoms with van der Waals surface area (Å²) in [7, 11) is 0. The molecule has 0 unspecified atom stereocenters. The summed E-state index contributed by atoms with van der Waals surface area (Å²) in [5, 5.41) is 0. The number of nitrogens with zero attached hydrogens (tertiary/aromatic N) is 2. The lowest BCUT2D eigenvalue weighted by molar-refractivity contribution is -0.127. The molecule has 0 spiro atoms. The molecule has 0 N–H and O–H groups in total. The summed E-state index contributed by atoms with van der Waals surface area (Å²) in [6.07, 6.45) is 1.56. The van der Waals surface area contributed by atoms with Crippen molar-refractivity contribution in [2.75, 3.05) is 13.1 Å². The molecule has 2 heterocycles. The first kappa shape index (κ1) is 7.91. The van der Waals surface area contributed by atoms with Crippen LogP contribution in [0.1, 0.15) is 10.5 Å². The van der Waals surface area contributed by atoms with Crippen LogP contribution in [0.3, 0.4) is 0 Å². The van der Waals surface area contributed by atoms with Crippen LogP contribution in [0.15, 0.2) is 24.4 Å². The molecule has 0 atom stereocenters. The van der Waals surface area contributed by atoms with E-state index in [1.165, 1.54) is 4.90 Å². The van der Waals surface area contributed by atoms with Crippen molar-refractivity contribution in [2.24, 2.45) is 0 Å². The van der Waals surface area contributed by atoms with Gasteiger partial charge in [-0.05, 0) is 12.1 Å². The molecule has 4 nitrogen and oxygen atoms in total. The zero-order valence-electron chi connectivity index (χ0n) is 6.93. The highest BCUT2D eigenvalue weighted by molar-refractivity contribution is 6.02. The van der Waals surface area contributed by atoms with Crippen LogP contribution in [-0.4, -0.2) is 34.7 Å². The van der Waals surface area contributed by atoms with Gasteiger partial charge in [0.15, 0.2) is 5.78 Å². The molecule has 0 radical (unpaired) electrons. The van der Waals surface area contributed by atoms with Crippen LogP contribution in [-0.2, 0) is 4.79 Å². The van der Waals surface area contributed by atoms with Gasteiger partial charge in [0, 0.05) is 6.20 Å². The number of rotatable bonds is 1. The summed E-state index contributed by atoms with van der Waals surface area (Å²) in [4.78, 5) is 27.5. The minimum atomic E-state index is -0.166. The molecule has 0 aromatic carbocycles. The second-order valence-corrected chi connectivity index (χ2v) is 2.91. The number of pyridine rings is 1. The average Bonchev–Trinajstić information content (AvgIpc) is 2.13. The molecule has 1 saturated heterocycles.